The minimum atomic E-state index is -0.591. The number of Topliss-reactive ketones (excluding diaryl/α,β-unsaturated/α-hetero) is 2. The Hall–Kier alpha value is -2.30. The number of ketones is 2. The Morgan fingerprint density at radius 3 is 2.80 bits per heavy atom. The van der Waals surface area contributed by atoms with E-state index in [2.05, 4.69) is 10.1 Å². The lowest BCUT2D eigenvalue weighted by atomic mass is 9.93. The van der Waals surface area contributed by atoms with Crippen LogP contribution in [0.25, 0.3) is 11.5 Å². The van der Waals surface area contributed by atoms with Gasteiger partial charge in [0.2, 0.25) is 11.6 Å². The zero-order valence-electron chi connectivity index (χ0n) is 7.43. The molecule has 2 heterocycles. The SMILES string of the molecule is O=C1C(=O)c2cnoc2-c2ncccc21. The van der Waals surface area contributed by atoms with Crippen LogP contribution in [0.15, 0.2) is 29.0 Å². The summed E-state index contributed by atoms with van der Waals surface area (Å²) >= 11 is 0. The van der Waals surface area contributed by atoms with Crippen molar-refractivity contribution in [1.82, 2.24) is 10.1 Å². The van der Waals surface area contributed by atoms with Crippen LogP contribution in [-0.2, 0) is 0 Å². The molecule has 3 rings (SSSR count). The maximum absolute atomic E-state index is 11.6. The minimum absolute atomic E-state index is 0.186. The number of pyridine rings is 1. The van der Waals surface area contributed by atoms with Crippen molar-refractivity contribution in [2.24, 2.45) is 0 Å². The van der Waals surface area contributed by atoms with E-state index >= 15 is 0 Å². The molecule has 1 aliphatic rings. The second-order valence-corrected chi connectivity index (χ2v) is 3.13. The molecule has 5 nitrogen and oxygen atoms in total. The molecule has 15 heavy (non-hydrogen) atoms. The van der Waals surface area contributed by atoms with E-state index in [1.54, 1.807) is 12.1 Å². The van der Waals surface area contributed by atoms with Crippen molar-refractivity contribution in [1.29, 1.82) is 0 Å². The average molecular weight is 200 g/mol. The molecule has 72 valence electrons. The van der Waals surface area contributed by atoms with E-state index < -0.39 is 11.6 Å². The number of carbonyl (C=O) groups excluding carboxylic acids is 2. The molecule has 0 aromatic carbocycles. The number of hydrogen-bond acceptors (Lipinski definition) is 5. The predicted octanol–water partition coefficient (Wildman–Crippen LogP) is 1.12. The molecule has 0 radical (unpaired) electrons. The van der Waals surface area contributed by atoms with Crippen LogP contribution in [0.4, 0.5) is 0 Å². The quantitative estimate of drug-likeness (QED) is 0.595. The molecular formula is C10H4N2O3. The van der Waals surface area contributed by atoms with Gasteiger partial charge in [0, 0.05) is 6.20 Å². The fourth-order valence-corrected chi connectivity index (χ4v) is 1.59. The Bertz CT molecular complexity index is 586. The molecule has 2 aromatic rings. The normalized spacial score (nSPS) is 13.6. The van der Waals surface area contributed by atoms with Gasteiger partial charge in [-0.2, -0.15) is 0 Å². The highest BCUT2D eigenvalue weighted by Gasteiger charge is 2.34. The van der Waals surface area contributed by atoms with E-state index in [0.29, 0.717) is 5.69 Å². The largest absolute Gasteiger partial charge is 0.354 e. The number of fused-ring (bicyclic) bond motifs is 3. The van der Waals surface area contributed by atoms with Crippen molar-refractivity contribution >= 4 is 11.6 Å². The van der Waals surface area contributed by atoms with E-state index in [-0.39, 0.29) is 16.9 Å². The monoisotopic (exact) mass is 200 g/mol. The molecule has 0 fully saturated rings. The highest BCUT2D eigenvalue weighted by atomic mass is 16.5. The molecule has 0 saturated carbocycles. The molecule has 0 saturated heterocycles. The first-order valence-electron chi connectivity index (χ1n) is 4.28. The van der Waals surface area contributed by atoms with Crippen LogP contribution >= 0.6 is 0 Å². The third-order valence-corrected chi connectivity index (χ3v) is 2.29. The lowest BCUT2D eigenvalue weighted by molar-refractivity contribution is 0.0814. The summed E-state index contributed by atoms with van der Waals surface area (Å²) in [5, 5.41) is 3.50. The standard InChI is InChI=1S/C10H4N2O3/c13-8-5-2-1-3-11-7(5)10-6(9(8)14)4-12-15-10/h1-4H. The zero-order valence-corrected chi connectivity index (χ0v) is 7.43. The summed E-state index contributed by atoms with van der Waals surface area (Å²) in [6, 6.07) is 3.15. The minimum Gasteiger partial charge on any atom is -0.354 e. The first-order chi connectivity index (χ1) is 7.29. The molecule has 0 unspecified atom stereocenters. The van der Waals surface area contributed by atoms with Crippen molar-refractivity contribution < 1.29 is 14.1 Å². The van der Waals surface area contributed by atoms with Crippen molar-refractivity contribution in [3.8, 4) is 11.5 Å². The van der Waals surface area contributed by atoms with Crippen LogP contribution in [0.5, 0.6) is 0 Å². The molecule has 0 bridgehead atoms. The Morgan fingerprint density at radius 2 is 1.93 bits per heavy atom. The fourth-order valence-electron chi connectivity index (χ4n) is 1.59. The van der Waals surface area contributed by atoms with Crippen molar-refractivity contribution in [3.63, 3.8) is 0 Å². The van der Waals surface area contributed by atoms with Gasteiger partial charge in [-0.3, -0.25) is 14.6 Å². The summed E-state index contributed by atoms with van der Waals surface area (Å²) in [6.45, 7) is 0. The lowest BCUT2D eigenvalue weighted by Gasteiger charge is -2.09. The van der Waals surface area contributed by atoms with Crippen molar-refractivity contribution in [3.05, 3.63) is 35.7 Å². The first kappa shape index (κ1) is 8.05. The smallest absolute Gasteiger partial charge is 0.239 e. The summed E-state index contributed by atoms with van der Waals surface area (Å²) in [6.07, 6.45) is 2.78. The van der Waals surface area contributed by atoms with E-state index in [9.17, 15) is 9.59 Å². The summed E-state index contributed by atoms with van der Waals surface area (Å²) in [4.78, 5) is 27.2. The lowest BCUT2D eigenvalue weighted by Crippen LogP contribution is -2.20. The topological polar surface area (TPSA) is 73.1 Å². The van der Waals surface area contributed by atoms with Gasteiger partial charge >= 0.3 is 0 Å². The Labute approximate surface area is 83.7 Å². The van der Waals surface area contributed by atoms with Gasteiger partial charge < -0.3 is 4.52 Å². The Kier molecular flexibility index (Phi) is 1.39. The summed E-state index contributed by atoms with van der Waals surface area (Å²) in [7, 11) is 0. The molecule has 0 atom stereocenters. The summed E-state index contributed by atoms with van der Waals surface area (Å²) < 4.78 is 4.92. The maximum Gasteiger partial charge on any atom is 0.239 e. The molecular weight excluding hydrogens is 196 g/mol. The molecule has 2 aromatic heterocycles. The van der Waals surface area contributed by atoms with E-state index in [1.165, 1.54) is 12.4 Å². The number of carbonyl (C=O) groups is 2. The van der Waals surface area contributed by atoms with Crippen LogP contribution in [0.2, 0.25) is 0 Å². The van der Waals surface area contributed by atoms with E-state index in [1.807, 2.05) is 0 Å². The van der Waals surface area contributed by atoms with Gasteiger partial charge in [0.1, 0.15) is 5.69 Å². The van der Waals surface area contributed by atoms with Gasteiger partial charge in [-0.25, -0.2) is 0 Å². The number of nitrogens with zero attached hydrogens (tertiary/aromatic N) is 2. The molecule has 0 aliphatic heterocycles. The third-order valence-electron chi connectivity index (χ3n) is 2.29. The molecule has 0 spiro atoms. The maximum atomic E-state index is 11.6. The fraction of sp³-hybridized carbons (Fsp3) is 0. The van der Waals surface area contributed by atoms with Gasteiger partial charge in [0.15, 0.2) is 5.76 Å². The molecule has 0 amide bonds. The van der Waals surface area contributed by atoms with E-state index in [4.69, 9.17) is 4.52 Å². The Balaban J connectivity index is 2.42. The number of rotatable bonds is 0. The van der Waals surface area contributed by atoms with Crippen LogP contribution in [0.3, 0.4) is 0 Å². The first-order valence-corrected chi connectivity index (χ1v) is 4.28. The highest BCUT2D eigenvalue weighted by molar-refractivity contribution is 6.52. The molecule has 1 aliphatic carbocycles. The Morgan fingerprint density at radius 1 is 1.13 bits per heavy atom. The highest BCUT2D eigenvalue weighted by Crippen LogP contribution is 2.30. The molecule has 0 N–H and O–H groups in total. The van der Waals surface area contributed by atoms with Crippen LogP contribution in [0.1, 0.15) is 20.7 Å². The second kappa shape index (κ2) is 2.60. The van der Waals surface area contributed by atoms with Gasteiger partial charge in [-0.15, -0.1) is 0 Å². The summed E-state index contributed by atoms with van der Waals surface area (Å²) in [5.74, 6) is -0.879. The van der Waals surface area contributed by atoms with Crippen molar-refractivity contribution in [2.75, 3.05) is 0 Å². The predicted molar refractivity (Wildman–Crippen MR) is 48.4 cm³/mol. The average Bonchev–Trinajstić information content (AvgIpc) is 2.75. The van der Waals surface area contributed by atoms with Gasteiger partial charge in [-0.05, 0) is 12.1 Å². The van der Waals surface area contributed by atoms with Crippen molar-refractivity contribution in [2.45, 2.75) is 0 Å². The van der Waals surface area contributed by atoms with Crippen LogP contribution in [-0.4, -0.2) is 21.7 Å². The number of aromatic nitrogens is 2. The number of hydrogen-bond donors (Lipinski definition) is 0. The third kappa shape index (κ3) is 0.914. The summed E-state index contributed by atoms with van der Waals surface area (Å²) in [5.41, 5.74) is 0.840. The molecule has 5 heteroatoms. The van der Waals surface area contributed by atoms with E-state index in [0.717, 1.165) is 0 Å². The van der Waals surface area contributed by atoms with Gasteiger partial charge in [0.25, 0.3) is 0 Å². The second-order valence-electron chi connectivity index (χ2n) is 3.13. The van der Waals surface area contributed by atoms with Gasteiger partial charge in [0.05, 0.1) is 17.3 Å². The van der Waals surface area contributed by atoms with Crippen LogP contribution in [0, 0.1) is 0 Å². The van der Waals surface area contributed by atoms with Gasteiger partial charge in [-0.1, -0.05) is 5.16 Å². The van der Waals surface area contributed by atoms with Crippen LogP contribution < -0.4 is 0 Å². The zero-order chi connectivity index (χ0) is 10.4.